The molecule has 1 atom stereocenters. The number of unbranched alkanes of at least 4 members (excludes halogenated alkanes) is 20. The first-order valence-corrected chi connectivity index (χ1v) is 28.9. The average molecular weight is 999 g/mol. The topological polar surface area (TPSA) is 107 Å². The van der Waals surface area contributed by atoms with Crippen LogP contribution in [0.15, 0.2) is 0 Å². The van der Waals surface area contributed by atoms with Crippen molar-refractivity contribution in [3.63, 3.8) is 0 Å². The quantitative estimate of drug-likeness (QED) is 0.0385. The Hall–Kier alpha value is -1.73. The Kier molecular flexibility index (Phi) is 52.9. The first kappa shape index (κ1) is 69.3. The summed E-state index contributed by atoms with van der Waals surface area (Å²) in [5, 5.41) is 3.65. The molecule has 0 saturated heterocycles. The molecule has 0 spiro atoms. The van der Waals surface area contributed by atoms with E-state index in [-0.39, 0.29) is 20.6 Å². The Bertz CT molecular complexity index is 1270. The molecule has 0 fully saturated rings. The molecule has 2 heterocycles. The summed E-state index contributed by atoms with van der Waals surface area (Å²) < 4.78 is 22.8. The number of hydrogen-bond donors (Lipinski definition) is 1. The van der Waals surface area contributed by atoms with Crippen LogP contribution >= 0.6 is 11.3 Å². The highest BCUT2D eigenvalue weighted by molar-refractivity contribution is 7.12. The third kappa shape index (κ3) is 43.6. The molecule has 11 heteroatoms. The monoisotopic (exact) mass is 998 g/mol. The van der Waals surface area contributed by atoms with E-state index in [1.165, 1.54) is 150 Å². The van der Waals surface area contributed by atoms with Gasteiger partial charge in [-0.3, -0.25) is 9.69 Å². The Morgan fingerprint density at radius 3 is 1.81 bits per heavy atom. The van der Waals surface area contributed by atoms with Crippen LogP contribution in [0.25, 0.3) is 0 Å². The molecule has 0 aromatic carbocycles. The lowest BCUT2D eigenvalue weighted by Gasteiger charge is -2.27. The van der Waals surface area contributed by atoms with Gasteiger partial charge in [-0.25, -0.2) is 0 Å². The van der Waals surface area contributed by atoms with Crippen molar-refractivity contribution in [2.45, 2.75) is 254 Å². The smallest absolute Gasteiger partial charge is 0.305 e. The summed E-state index contributed by atoms with van der Waals surface area (Å²) in [5.74, 6) is 0.954. The Morgan fingerprint density at radius 2 is 1.22 bits per heavy atom. The van der Waals surface area contributed by atoms with Gasteiger partial charge in [0.15, 0.2) is 0 Å². The number of thiophene rings is 1. The van der Waals surface area contributed by atoms with Crippen LogP contribution in [0.3, 0.4) is 0 Å². The maximum absolute atomic E-state index is 11.9. The molecule has 0 radical (unpaired) electrons. The SMILES string of the molecule is C.C=O.CCCCCCCCC(CCCCCC)COCOCCCCCC(C)=O.CCCCCCCCCCCOC(=O)CCCCCOCN1CCc2c(sc(C)c2CNCCCN(C)C)C1.[HH]. The zero-order valence-corrected chi connectivity index (χ0v) is 46.5. The second-order valence-electron chi connectivity index (χ2n) is 19.8. The molecule has 2 rings (SSSR count). The average Bonchev–Trinajstić information content (AvgIpc) is 3.64. The molecule has 0 saturated carbocycles. The fraction of sp³-hybridized carbons (Fsp3) is 0.879. The number of nitrogens with zero attached hydrogens (tertiary/aromatic N) is 2. The number of rotatable bonds is 46. The van der Waals surface area contributed by atoms with Crippen molar-refractivity contribution in [1.29, 1.82) is 0 Å². The number of ketones is 1. The maximum atomic E-state index is 11.9. The van der Waals surface area contributed by atoms with Gasteiger partial charge in [-0.1, -0.05) is 157 Å². The molecule has 0 bridgehead atoms. The number of aryl methyl sites for hydroxylation is 1. The van der Waals surface area contributed by atoms with Gasteiger partial charge in [0, 0.05) is 56.9 Å². The molecule has 0 aliphatic carbocycles. The van der Waals surface area contributed by atoms with Gasteiger partial charge in [0.2, 0.25) is 0 Å². The highest BCUT2D eigenvalue weighted by Gasteiger charge is 2.23. The van der Waals surface area contributed by atoms with Gasteiger partial charge in [0.1, 0.15) is 19.4 Å². The summed E-state index contributed by atoms with van der Waals surface area (Å²) in [6.45, 7) is 22.1. The van der Waals surface area contributed by atoms with E-state index < -0.39 is 0 Å². The van der Waals surface area contributed by atoms with Crippen molar-refractivity contribution in [3.8, 4) is 0 Å². The minimum Gasteiger partial charge on any atom is -0.466 e. The highest BCUT2D eigenvalue weighted by atomic mass is 32.1. The molecule has 1 aliphatic heterocycles. The van der Waals surface area contributed by atoms with Gasteiger partial charge in [0.25, 0.3) is 0 Å². The molecule has 410 valence electrons. The van der Waals surface area contributed by atoms with Gasteiger partial charge in [0.05, 0.1) is 19.9 Å². The second-order valence-corrected chi connectivity index (χ2v) is 21.1. The van der Waals surface area contributed by atoms with Crippen molar-refractivity contribution in [2.75, 3.05) is 73.7 Å². The van der Waals surface area contributed by atoms with Crippen LogP contribution in [0.5, 0.6) is 0 Å². The van der Waals surface area contributed by atoms with Crippen LogP contribution in [0.1, 0.15) is 250 Å². The normalized spacial score (nSPS) is 12.7. The minimum absolute atomic E-state index is 0. The van der Waals surface area contributed by atoms with Crippen LogP contribution in [0, 0.1) is 12.8 Å². The highest BCUT2D eigenvalue weighted by Crippen LogP contribution is 2.33. The van der Waals surface area contributed by atoms with Crippen LogP contribution in [0.4, 0.5) is 0 Å². The van der Waals surface area contributed by atoms with Gasteiger partial charge < -0.3 is 38.8 Å². The number of hydrogen-bond acceptors (Lipinski definition) is 11. The van der Waals surface area contributed by atoms with E-state index in [1.807, 2.05) is 18.1 Å². The summed E-state index contributed by atoms with van der Waals surface area (Å²) >= 11 is 1.97. The molecule has 1 aromatic rings. The summed E-state index contributed by atoms with van der Waals surface area (Å²) in [6, 6.07) is 0. The number of Topliss-reactive ketones (excluding diaryl/α,β-unsaturated/α-hetero) is 1. The summed E-state index contributed by atoms with van der Waals surface area (Å²) in [5.41, 5.74) is 3.12. The van der Waals surface area contributed by atoms with Crippen molar-refractivity contribution in [2.24, 2.45) is 5.92 Å². The first-order valence-electron chi connectivity index (χ1n) is 28.1. The van der Waals surface area contributed by atoms with E-state index in [9.17, 15) is 9.59 Å². The predicted octanol–water partition coefficient (Wildman–Crippen LogP) is 15.2. The number of fused-ring (bicyclic) bond motifs is 1. The Labute approximate surface area is 432 Å². The Balaban J connectivity index is -0.00000128. The van der Waals surface area contributed by atoms with Gasteiger partial charge in [-0.05, 0) is 116 Å². The van der Waals surface area contributed by atoms with Crippen molar-refractivity contribution >= 4 is 29.9 Å². The Morgan fingerprint density at radius 1 is 0.696 bits per heavy atom. The van der Waals surface area contributed by atoms with Crippen LogP contribution in [0.2, 0.25) is 0 Å². The van der Waals surface area contributed by atoms with E-state index in [0.717, 1.165) is 104 Å². The number of ether oxygens (including phenoxy) is 4. The van der Waals surface area contributed by atoms with Crippen LogP contribution in [-0.2, 0) is 52.8 Å². The number of esters is 1. The van der Waals surface area contributed by atoms with Crippen molar-refractivity contribution < 1.29 is 34.8 Å². The summed E-state index contributed by atoms with van der Waals surface area (Å²) in [7, 11) is 4.26. The molecule has 0 amide bonds. The van der Waals surface area contributed by atoms with Crippen molar-refractivity contribution in [3.05, 3.63) is 20.9 Å². The van der Waals surface area contributed by atoms with E-state index in [4.69, 9.17) is 23.7 Å². The molecule has 69 heavy (non-hydrogen) atoms. The fourth-order valence-corrected chi connectivity index (χ4v) is 10.0. The standard InChI is InChI=1S/C32H59N3O3S.C24H48O3.CH2O.CH4.H2/c1-5-6-7-8-9-10-11-12-16-24-38-32(36)18-14-13-15-23-37-27-35-22-19-29-30(28(2)39-31(29)26-35)25-33-20-17-21-34(3)4;1-4-6-8-10-11-15-19-24(18-14-9-7-5-2)21-27-22-26-20-16-12-13-17-23(3)25;1-2;;/h33H,5-27H2,1-4H3;24H,4-22H2,1-3H3;1H2;1H4;1H. The maximum Gasteiger partial charge on any atom is 0.305 e. The zero-order valence-electron chi connectivity index (χ0n) is 45.6. The number of carbonyl (C=O) groups is 3. The minimum atomic E-state index is -0.0334. The lowest BCUT2D eigenvalue weighted by atomic mass is 9.95. The van der Waals surface area contributed by atoms with Crippen molar-refractivity contribution in [1.82, 2.24) is 15.1 Å². The molecule has 10 nitrogen and oxygen atoms in total. The van der Waals surface area contributed by atoms with Gasteiger partial charge in [-0.2, -0.15) is 0 Å². The summed E-state index contributed by atoms with van der Waals surface area (Å²) in [4.78, 5) is 38.5. The third-order valence-electron chi connectivity index (χ3n) is 12.9. The molecular formula is C58H115N3O7S. The zero-order chi connectivity index (χ0) is 50.1. The molecule has 1 aromatic heterocycles. The molecule has 1 N–H and O–H groups in total. The van der Waals surface area contributed by atoms with E-state index >= 15 is 0 Å². The van der Waals surface area contributed by atoms with E-state index in [0.29, 0.717) is 38.9 Å². The lowest BCUT2D eigenvalue weighted by Crippen LogP contribution is -2.32. The fourth-order valence-electron chi connectivity index (χ4n) is 8.72. The molecule has 1 unspecified atom stereocenters. The number of nitrogens with one attached hydrogen (secondary N) is 1. The first-order chi connectivity index (χ1) is 33.2. The lowest BCUT2D eigenvalue weighted by molar-refractivity contribution is -0.144. The summed E-state index contributed by atoms with van der Waals surface area (Å²) in [6.07, 6.45) is 37.3. The predicted molar refractivity (Wildman–Crippen MR) is 298 cm³/mol. The largest absolute Gasteiger partial charge is 0.466 e. The van der Waals surface area contributed by atoms with E-state index in [2.05, 4.69) is 56.9 Å². The second kappa shape index (κ2) is 52.6. The van der Waals surface area contributed by atoms with Gasteiger partial charge in [-0.15, -0.1) is 11.3 Å². The third-order valence-corrected chi connectivity index (χ3v) is 14.1. The number of carbonyl (C=O) groups excluding carboxylic acids is 3. The van der Waals surface area contributed by atoms with Crippen LogP contribution < -0.4 is 5.32 Å². The van der Waals surface area contributed by atoms with Crippen LogP contribution in [-0.4, -0.2) is 102 Å². The molecule has 1 aliphatic rings. The molecular weight excluding hydrogens is 883 g/mol. The van der Waals surface area contributed by atoms with Gasteiger partial charge >= 0.3 is 5.97 Å². The van der Waals surface area contributed by atoms with E-state index in [1.54, 1.807) is 12.5 Å².